The topological polar surface area (TPSA) is 71.2 Å². The highest BCUT2D eigenvalue weighted by Gasteiger charge is 2.23. The van der Waals surface area contributed by atoms with E-state index in [9.17, 15) is 9.59 Å². The second-order valence-corrected chi connectivity index (χ2v) is 7.18. The van der Waals surface area contributed by atoms with Crippen molar-refractivity contribution in [3.63, 3.8) is 0 Å². The zero-order valence-electron chi connectivity index (χ0n) is 12.9. The number of nitrogens with one attached hydrogen (secondary N) is 2. The number of carbonyl (C=O) groups excluding carboxylic acids is 2. The maximum absolute atomic E-state index is 12.4. The summed E-state index contributed by atoms with van der Waals surface area (Å²) in [6, 6.07) is 5.55. The molecule has 1 amide bonds. The summed E-state index contributed by atoms with van der Waals surface area (Å²) in [6.07, 6.45) is 2.71. The summed E-state index contributed by atoms with van der Waals surface area (Å²) in [4.78, 5) is 27.1. The van der Waals surface area contributed by atoms with Gasteiger partial charge in [-0.25, -0.2) is 4.79 Å². The Morgan fingerprint density at radius 2 is 2.13 bits per heavy atom. The number of halogens is 2. The van der Waals surface area contributed by atoms with Crippen molar-refractivity contribution in [2.75, 3.05) is 12.4 Å². The highest BCUT2D eigenvalue weighted by atomic mass is 79.9. The Kier molecular flexibility index (Phi) is 6.24. The van der Waals surface area contributed by atoms with E-state index in [4.69, 9.17) is 4.74 Å². The molecule has 5 nitrogen and oxygen atoms in total. The fourth-order valence-corrected chi connectivity index (χ4v) is 3.06. The van der Waals surface area contributed by atoms with Gasteiger partial charge in [-0.3, -0.25) is 4.79 Å². The van der Waals surface area contributed by atoms with E-state index < -0.39 is 5.97 Å². The van der Waals surface area contributed by atoms with Crippen LogP contribution >= 0.6 is 31.9 Å². The molecular weight excluding hydrogens is 428 g/mol. The minimum atomic E-state index is -0.521. The van der Waals surface area contributed by atoms with Crippen LogP contribution in [0.15, 0.2) is 22.7 Å². The number of amides is 1. The third-order valence-electron chi connectivity index (χ3n) is 3.49. The number of hydrogen-bond donors (Lipinski definition) is 2. The summed E-state index contributed by atoms with van der Waals surface area (Å²) >= 11 is 6.81. The number of fused-ring (bicyclic) bond motifs is 1. The van der Waals surface area contributed by atoms with Gasteiger partial charge in [0.2, 0.25) is 5.91 Å². The number of benzene rings is 1. The number of aromatic amines is 1. The predicted molar refractivity (Wildman–Crippen MR) is 98.2 cm³/mol. The van der Waals surface area contributed by atoms with Crippen molar-refractivity contribution in [2.24, 2.45) is 0 Å². The molecule has 1 aromatic carbocycles. The molecule has 0 bridgehead atoms. The van der Waals surface area contributed by atoms with Gasteiger partial charge in [0, 0.05) is 15.4 Å². The minimum absolute atomic E-state index is 0.176. The largest absolute Gasteiger partial charge is 0.464 e. The van der Waals surface area contributed by atoms with Crippen molar-refractivity contribution in [3.05, 3.63) is 28.4 Å². The second kappa shape index (κ2) is 7.97. The molecule has 0 fully saturated rings. The highest BCUT2D eigenvalue weighted by Crippen LogP contribution is 2.31. The van der Waals surface area contributed by atoms with Crippen LogP contribution in [-0.2, 0) is 9.53 Å². The second-order valence-electron chi connectivity index (χ2n) is 5.16. The first-order valence-electron chi connectivity index (χ1n) is 7.32. The molecule has 2 rings (SSSR count). The van der Waals surface area contributed by atoms with Crippen LogP contribution < -0.4 is 5.32 Å². The summed E-state index contributed by atoms with van der Waals surface area (Å²) in [5.74, 6) is -0.697. The normalized spacial score (nSPS) is 12.2. The zero-order chi connectivity index (χ0) is 17.0. The Labute approximate surface area is 151 Å². The van der Waals surface area contributed by atoms with Crippen LogP contribution in [0.3, 0.4) is 0 Å². The molecule has 1 aromatic heterocycles. The fourth-order valence-electron chi connectivity index (χ4n) is 2.27. The van der Waals surface area contributed by atoms with Crippen molar-refractivity contribution >= 4 is 60.3 Å². The lowest BCUT2D eigenvalue weighted by Crippen LogP contribution is -2.23. The maximum atomic E-state index is 12.4. The van der Waals surface area contributed by atoms with E-state index in [-0.39, 0.29) is 16.4 Å². The van der Waals surface area contributed by atoms with Crippen LogP contribution in [0.2, 0.25) is 0 Å². The molecule has 0 aliphatic carbocycles. The molecule has 0 saturated heterocycles. The Morgan fingerprint density at radius 1 is 1.39 bits per heavy atom. The molecule has 0 spiro atoms. The SMILES string of the molecule is CCCC[C@@H](Br)C(=O)Nc1c(C(=O)OC)[nH]c2ccc(Br)cc12. The van der Waals surface area contributed by atoms with Gasteiger partial charge in [-0.1, -0.05) is 51.6 Å². The third-order valence-corrected chi connectivity index (χ3v) is 4.86. The maximum Gasteiger partial charge on any atom is 0.356 e. The lowest BCUT2D eigenvalue weighted by Gasteiger charge is -2.11. The first-order chi connectivity index (χ1) is 11.0. The van der Waals surface area contributed by atoms with Crippen LogP contribution in [-0.4, -0.2) is 28.8 Å². The van der Waals surface area contributed by atoms with Crippen LogP contribution in [0.4, 0.5) is 5.69 Å². The number of carbonyl (C=O) groups is 2. The number of hydrogen-bond acceptors (Lipinski definition) is 3. The summed E-state index contributed by atoms with van der Waals surface area (Å²) < 4.78 is 5.66. The van der Waals surface area contributed by atoms with Crippen molar-refractivity contribution in [3.8, 4) is 0 Å². The van der Waals surface area contributed by atoms with Gasteiger partial charge in [-0.05, 0) is 24.6 Å². The molecule has 2 aromatic rings. The number of esters is 1. The van der Waals surface area contributed by atoms with E-state index in [1.807, 2.05) is 18.2 Å². The molecule has 1 heterocycles. The van der Waals surface area contributed by atoms with Crippen LogP contribution in [0, 0.1) is 0 Å². The van der Waals surface area contributed by atoms with E-state index >= 15 is 0 Å². The summed E-state index contributed by atoms with van der Waals surface area (Å²) in [6.45, 7) is 2.07. The number of anilines is 1. The van der Waals surface area contributed by atoms with Crippen molar-refractivity contribution in [1.82, 2.24) is 4.98 Å². The number of unbranched alkanes of at least 4 members (excludes halogenated alkanes) is 1. The quantitative estimate of drug-likeness (QED) is 0.503. The summed E-state index contributed by atoms with van der Waals surface area (Å²) in [5, 5.41) is 3.60. The van der Waals surface area contributed by atoms with E-state index in [1.54, 1.807) is 0 Å². The van der Waals surface area contributed by atoms with Crippen molar-refractivity contribution in [1.29, 1.82) is 0 Å². The predicted octanol–water partition coefficient (Wildman–Crippen LogP) is 4.61. The fraction of sp³-hybridized carbons (Fsp3) is 0.375. The summed E-state index contributed by atoms with van der Waals surface area (Å²) in [5.41, 5.74) is 1.44. The van der Waals surface area contributed by atoms with Gasteiger partial charge in [0.25, 0.3) is 0 Å². The lowest BCUT2D eigenvalue weighted by atomic mass is 10.2. The first kappa shape index (κ1) is 18.0. The Hall–Kier alpha value is -1.34. The van der Waals surface area contributed by atoms with Gasteiger partial charge in [0.05, 0.1) is 17.6 Å². The molecule has 0 aliphatic rings. The van der Waals surface area contributed by atoms with Gasteiger partial charge in [0.1, 0.15) is 5.69 Å². The highest BCUT2D eigenvalue weighted by molar-refractivity contribution is 9.10. The smallest absolute Gasteiger partial charge is 0.356 e. The number of aromatic nitrogens is 1. The molecule has 0 saturated carbocycles. The number of rotatable bonds is 6. The molecule has 7 heteroatoms. The number of H-pyrrole nitrogens is 1. The van der Waals surface area contributed by atoms with Gasteiger partial charge in [0.15, 0.2) is 0 Å². The molecule has 124 valence electrons. The third kappa shape index (κ3) is 4.14. The van der Waals surface area contributed by atoms with Gasteiger partial charge in [-0.15, -0.1) is 0 Å². The van der Waals surface area contributed by atoms with Crippen LogP contribution in [0.1, 0.15) is 36.7 Å². The zero-order valence-corrected chi connectivity index (χ0v) is 16.1. The standard InChI is InChI=1S/C16H18Br2N2O3/c1-3-4-5-11(18)15(21)20-13-10-8-9(17)6-7-12(10)19-14(13)16(22)23-2/h6-8,11,19H,3-5H2,1-2H3,(H,20,21)/t11-/m1/s1. The average Bonchev–Trinajstić information content (AvgIpc) is 2.89. The molecule has 2 N–H and O–H groups in total. The first-order valence-corrected chi connectivity index (χ1v) is 9.03. The van der Waals surface area contributed by atoms with Crippen LogP contribution in [0.5, 0.6) is 0 Å². The minimum Gasteiger partial charge on any atom is -0.464 e. The number of alkyl halides is 1. The lowest BCUT2D eigenvalue weighted by molar-refractivity contribution is -0.115. The molecular formula is C16H18Br2N2O3. The van der Waals surface area contributed by atoms with Crippen molar-refractivity contribution in [2.45, 2.75) is 31.0 Å². The number of ether oxygens (including phenoxy) is 1. The molecule has 23 heavy (non-hydrogen) atoms. The molecule has 0 radical (unpaired) electrons. The average molecular weight is 446 g/mol. The van der Waals surface area contributed by atoms with Gasteiger partial charge in [-0.2, -0.15) is 0 Å². The molecule has 0 aliphatic heterocycles. The van der Waals surface area contributed by atoms with Gasteiger partial charge >= 0.3 is 5.97 Å². The monoisotopic (exact) mass is 444 g/mol. The van der Waals surface area contributed by atoms with E-state index in [0.29, 0.717) is 5.69 Å². The van der Waals surface area contributed by atoms with Gasteiger partial charge < -0.3 is 15.0 Å². The van der Waals surface area contributed by atoms with E-state index in [0.717, 1.165) is 34.6 Å². The van der Waals surface area contributed by atoms with E-state index in [2.05, 4.69) is 49.1 Å². The molecule has 1 atom stereocenters. The van der Waals surface area contributed by atoms with E-state index in [1.165, 1.54) is 7.11 Å². The summed E-state index contributed by atoms with van der Waals surface area (Å²) in [7, 11) is 1.31. The Bertz CT molecular complexity index is 727. The molecule has 0 unspecified atom stereocenters. The Morgan fingerprint density at radius 3 is 2.78 bits per heavy atom. The number of methoxy groups -OCH3 is 1. The Balaban J connectivity index is 2.38. The van der Waals surface area contributed by atoms with Crippen molar-refractivity contribution < 1.29 is 14.3 Å². The van der Waals surface area contributed by atoms with Crippen LogP contribution in [0.25, 0.3) is 10.9 Å².